The van der Waals surface area contributed by atoms with E-state index < -0.39 is 5.97 Å². The van der Waals surface area contributed by atoms with E-state index in [4.69, 9.17) is 21.4 Å². The third-order valence-electron chi connectivity index (χ3n) is 3.44. The molecule has 1 fully saturated rings. The maximum atomic E-state index is 11.1. The molecule has 104 valence electrons. The Morgan fingerprint density at radius 1 is 1.47 bits per heavy atom. The van der Waals surface area contributed by atoms with Gasteiger partial charge in [0.2, 0.25) is 0 Å². The fraction of sp³-hybridized carbons (Fsp3) is 0.500. The average Bonchev–Trinajstić information content (AvgIpc) is 2.40. The quantitative estimate of drug-likeness (QED) is 0.922. The molecule has 1 N–H and O–H groups in total. The van der Waals surface area contributed by atoms with Crippen LogP contribution in [0.25, 0.3) is 0 Å². The van der Waals surface area contributed by atoms with Crippen LogP contribution in [0.15, 0.2) is 18.2 Å². The van der Waals surface area contributed by atoms with Crippen molar-refractivity contribution >= 4 is 17.6 Å². The van der Waals surface area contributed by atoms with Gasteiger partial charge in [-0.05, 0) is 24.1 Å². The number of carboxylic acid groups (broad SMARTS) is 1. The van der Waals surface area contributed by atoms with E-state index in [0.717, 1.165) is 24.2 Å². The summed E-state index contributed by atoms with van der Waals surface area (Å²) in [6.45, 7) is 4.74. The maximum Gasteiger partial charge on any atom is 0.305 e. The van der Waals surface area contributed by atoms with Gasteiger partial charge in [0, 0.05) is 24.2 Å². The molecule has 0 saturated carbocycles. The SMILES string of the molecule is Cc1ccc(C(CC(=O)O)N2CCOCC2)cc1Cl. The number of hydrogen-bond acceptors (Lipinski definition) is 3. The Kier molecular flexibility index (Phi) is 4.80. The molecule has 1 saturated heterocycles. The van der Waals surface area contributed by atoms with Crippen LogP contribution in [-0.2, 0) is 9.53 Å². The lowest BCUT2D eigenvalue weighted by Gasteiger charge is -2.34. The van der Waals surface area contributed by atoms with Gasteiger partial charge >= 0.3 is 5.97 Å². The van der Waals surface area contributed by atoms with E-state index >= 15 is 0 Å². The van der Waals surface area contributed by atoms with Crippen molar-refractivity contribution in [3.05, 3.63) is 34.3 Å². The number of ether oxygens (including phenoxy) is 1. The van der Waals surface area contributed by atoms with E-state index in [1.54, 1.807) is 0 Å². The molecule has 1 aliphatic rings. The summed E-state index contributed by atoms with van der Waals surface area (Å²) < 4.78 is 5.32. The molecule has 0 aromatic heterocycles. The summed E-state index contributed by atoms with van der Waals surface area (Å²) in [7, 11) is 0. The van der Waals surface area contributed by atoms with E-state index in [2.05, 4.69) is 4.90 Å². The van der Waals surface area contributed by atoms with Gasteiger partial charge in [-0.25, -0.2) is 0 Å². The predicted molar refractivity (Wildman–Crippen MR) is 73.6 cm³/mol. The molecular weight excluding hydrogens is 266 g/mol. The standard InChI is InChI=1S/C14H18ClNO3/c1-10-2-3-11(8-12(10)15)13(9-14(17)18)16-4-6-19-7-5-16/h2-3,8,13H,4-7,9H2,1H3,(H,17,18). The van der Waals surface area contributed by atoms with E-state index in [1.165, 1.54) is 0 Å². The number of carboxylic acids is 1. The molecule has 0 amide bonds. The van der Waals surface area contributed by atoms with Crippen molar-refractivity contribution in [3.63, 3.8) is 0 Å². The van der Waals surface area contributed by atoms with Crippen LogP contribution in [0, 0.1) is 6.92 Å². The van der Waals surface area contributed by atoms with Gasteiger partial charge in [-0.2, -0.15) is 0 Å². The largest absolute Gasteiger partial charge is 0.481 e. The second-order valence-corrected chi connectivity index (χ2v) is 5.18. The Hall–Kier alpha value is -1.10. The molecule has 1 atom stereocenters. The van der Waals surface area contributed by atoms with Crippen LogP contribution in [0.5, 0.6) is 0 Å². The van der Waals surface area contributed by atoms with Crippen molar-refractivity contribution in [1.82, 2.24) is 4.90 Å². The Bertz CT molecular complexity index is 458. The first-order valence-corrected chi connectivity index (χ1v) is 6.75. The smallest absolute Gasteiger partial charge is 0.305 e. The summed E-state index contributed by atoms with van der Waals surface area (Å²) in [5.41, 5.74) is 1.96. The number of nitrogens with zero attached hydrogens (tertiary/aromatic N) is 1. The lowest BCUT2D eigenvalue weighted by molar-refractivity contribution is -0.139. The summed E-state index contributed by atoms with van der Waals surface area (Å²) in [5.74, 6) is -0.798. The lowest BCUT2D eigenvalue weighted by atomic mass is 10.00. The minimum absolute atomic E-state index is 0.0827. The average molecular weight is 284 g/mol. The number of aliphatic carboxylic acids is 1. The van der Waals surface area contributed by atoms with Crippen LogP contribution in [0.3, 0.4) is 0 Å². The highest BCUT2D eigenvalue weighted by molar-refractivity contribution is 6.31. The normalized spacial score (nSPS) is 18.2. The maximum absolute atomic E-state index is 11.1. The molecule has 1 aromatic carbocycles. The third-order valence-corrected chi connectivity index (χ3v) is 3.84. The molecule has 1 heterocycles. The van der Waals surface area contributed by atoms with E-state index in [9.17, 15) is 4.79 Å². The molecule has 0 spiro atoms. The highest BCUT2D eigenvalue weighted by atomic mass is 35.5. The van der Waals surface area contributed by atoms with Gasteiger partial charge in [0.1, 0.15) is 0 Å². The predicted octanol–water partition coefficient (Wildman–Crippen LogP) is 2.50. The molecule has 1 aromatic rings. The van der Waals surface area contributed by atoms with Crippen LogP contribution in [-0.4, -0.2) is 42.3 Å². The van der Waals surface area contributed by atoms with E-state index in [-0.39, 0.29) is 12.5 Å². The van der Waals surface area contributed by atoms with Crippen LogP contribution in [0.4, 0.5) is 0 Å². The fourth-order valence-electron chi connectivity index (χ4n) is 2.33. The Labute approximate surface area is 117 Å². The zero-order valence-electron chi connectivity index (χ0n) is 10.9. The first-order valence-electron chi connectivity index (χ1n) is 6.37. The molecule has 19 heavy (non-hydrogen) atoms. The zero-order chi connectivity index (χ0) is 13.8. The van der Waals surface area contributed by atoms with Crippen molar-refractivity contribution < 1.29 is 14.6 Å². The molecule has 0 bridgehead atoms. The number of carbonyl (C=O) groups is 1. The van der Waals surface area contributed by atoms with E-state index in [0.29, 0.717) is 18.2 Å². The van der Waals surface area contributed by atoms with Gasteiger partial charge in [-0.3, -0.25) is 9.69 Å². The van der Waals surface area contributed by atoms with Crippen LogP contribution < -0.4 is 0 Å². The van der Waals surface area contributed by atoms with Gasteiger partial charge < -0.3 is 9.84 Å². The topological polar surface area (TPSA) is 49.8 Å². The van der Waals surface area contributed by atoms with Gasteiger partial charge in [0.15, 0.2) is 0 Å². The molecule has 1 unspecified atom stereocenters. The van der Waals surface area contributed by atoms with Crippen LogP contribution >= 0.6 is 11.6 Å². The number of morpholine rings is 1. The van der Waals surface area contributed by atoms with Gasteiger partial charge in [-0.1, -0.05) is 23.7 Å². The molecule has 2 rings (SSSR count). The van der Waals surface area contributed by atoms with Crippen molar-refractivity contribution in [1.29, 1.82) is 0 Å². The zero-order valence-corrected chi connectivity index (χ0v) is 11.7. The highest BCUT2D eigenvalue weighted by Gasteiger charge is 2.25. The third kappa shape index (κ3) is 3.69. The summed E-state index contributed by atoms with van der Waals surface area (Å²) >= 11 is 6.14. The van der Waals surface area contributed by atoms with Crippen molar-refractivity contribution in [2.45, 2.75) is 19.4 Å². The molecule has 1 aliphatic heterocycles. The fourth-order valence-corrected chi connectivity index (χ4v) is 2.52. The van der Waals surface area contributed by atoms with E-state index in [1.807, 2.05) is 25.1 Å². The summed E-state index contributed by atoms with van der Waals surface area (Å²) in [4.78, 5) is 13.2. The molecular formula is C14H18ClNO3. The van der Waals surface area contributed by atoms with Crippen molar-refractivity contribution in [3.8, 4) is 0 Å². The molecule has 0 radical (unpaired) electrons. The van der Waals surface area contributed by atoms with Crippen LogP contribution in [0.2, 0.25) is 5.02 Å². The van der Waals surface area contributed by atoms with Gasteiger partial charge in [0.05, 0.1) is 19.6 Å². The molecule has 4 nitrogen and oxygen atoms in total. The summed E-state index contributed by atoms with van der Waals surface area (Å²) in [6, 6.07) is 5.64. The number of benzene rings is 1. The van der Waals surface area contributed by atoms with Crippen LogP contribution in [0.1, 0.15) is 23.6 Å². The summed E-state index contributed by atoms with van der Waals surface area (Å²) in [6.07, 6.45) is 0.0827. The van der Waals surface area contributed by atoms with Crippen molar-refractivity contribution in [2.75, 3.05) is 26.3 Å². The highest BCUT2D eigenvalue weighted by Crippen LogP contribution is 2.28. The number of hydrogen-bond donors (Lipinski definition) is 1. The van der Waals surface area contributed by atoms with Gasteiger partial charge in [0.25, 0.3) is 0 Å². The Balaban J connectivity index is 2.24. The number of aryl methyl sites for hydroxylation is 1. The minimum atomic E-state index is -0.798. The minimum Gasteiger partial charge on any atom is -0.481 e. The first-order chi connectivity index (χ1) is 9.08. The first kappa shape index (κ1) is 14.3. The van der Waals surface area contributed by atoms with Gasteiger partial charge in [-0.15, -0.1) is 0 Å². The second-order valence-electron chi connectivity index (χ2n) is 4.77. The second kappa shape index (κ2) is 6.37. The number of halogens is 1. The molecule has 0 aliphatic carbocycles. The van der Waals surface area contributed by atoms with Crippen molar-refractivity contribution in [2.24, 2.45) is 0 Å². The molecule has 5 heteroatoms. The lowest BCUT2D eigenvalue weighted by Crippen LogP contribution is -2.39. The Morgan fingerprint density at radius 3 is 2.74 bits per heavy atom. The summed E-state index contributed by atoms with van der Waals surface area (Å²) in [5, 5.41) is 9.79. The monoisotopic (exact) mass is 283 g/mol. The Morgan fingerprint density at radius 2 is 2.16 bits per heavy atom. The number of rotatable bonds is 4.